The van der Waals surface area contributed by atoms with Gasteiger partial charge in [-0.3, -0.25) is 0 Å². The number of rotatable bonds is 6. The smallest absolute Gasteiger partial charge is 0.172 e. The van der Waals surface area contributed by atoms with Crippen molar-refractivity contribution in [3.63, 3.8) is 0 Å². The van der Waals surface area contributed by atoms with Crippen molar-refractivity contribution in [3.8, 4) is 0 Å². The molecule has 0 saturated carbocycles. The molecule has 0 aromatic carbocycles. The van der Waals surface area contributed by atoms with Crippen LogP contribution in [0, 0.1) is 0 Å². The average Bonchev–Trinajstić information content (AvgIpc) is 2.63. The van der Waals surface area contributed by atoms with E-state index in [1.165, 1.54) is 0 Å². The molecule has 0 aliphatic carbocycles. The normalized spacial score (nSPS) is 10.5. The summed E-state index contributed by atoms with van der Waals surface area (Å²) in [4.78, 5) is 2.24. The second-order valence-electron chi connectivity index (χ2n) is 2.98. The molecule has 0 saturated heterocycles. The van der Waals surface area contributed by atoms with Gasteiger partial charge in [-0.15, -0.1) is 5.10 Å². The molecule has 0 amide bonds. The Labute approximate surface area is 89.8 Å². The van der Waals surface area contributed by atoms with Crippen LogP contribution in [0.3, 0.4) is 0 Å². The molecule has 14 heavy (non-hydrogen) atoms. The fraction of sp³-hybridized carbons (Fsp3) is 0.778. The molecular formula is C9H18N4S. The number of hydrogen-bond donors (Lipinski definition) is 0. The molecule has 0 aliphatic heterocycles. The molecule has 80 valence electrons. The number of nitrogens with zero attached hydrogens (tertiary/aromatic N) is 4. The van der Waals surface area contributed by atoms with Crippen molar-refractivity contribution in [2.45, 2.75) is 27.2 Å². The lowest BCUT2D eigenvalue weighted by atomic mass is 10.4. The summed E-state index contributed by atoms with van der Waals surface area (Å²) in [6.07, 6.45) is 3.13. The maximum absolute atomic E-state index is 4.14. The Balaban J connectivity index is 2.63. The van der Waals surface area contributed by atoms with Crippen LogP contribution in [0.5, 0.6) is 0 Å². The highest BCUT2D eigenvalue weighted by Crippen LogP contribution is 2.12. The standard InChI is InChI=1S/C9H18N4S/c1-4-7-12(5-2)9-8-13(11-10-9)14-6-3/h8H,4-7H2,1-3H3. The maximum Gasteiger partial charge on any atom is 0.172 e. The first-order chi connectivity index (χ1) is 6.81. The average molecular weight is 214 g/mol. The summed E-state index contributed by atoms with van der Waals surface area (Å²) in [6, 6.07) is 0. The van der Waals surface area contributed by atoms with Gasteiger partial charge in [0, 0.05) is 18.8 Å². The van der Waals surface area contributed by atoms with E-state index in [2.05, 4.69) is 36.0 Å². The zero-order valence-corrected chi connectivity index (χ0v) is 9.92. The molecule has 0 fully saturated rings. The van der Waals surface area contributed by atoms with Crippen LogP contribution in [0.1, 0.15) is 27.2 Å². The van der Waals surface area contributed by atoms with E-state index in [4.69, 9.17) is 0 Å². The zero-order valence-electron chi connectivity index (χ0n) is 9.10. The summed E-state index contributed by atoms with van der Waals surface area (Å²) >= 11 is 1.66. The van der Waals surface area contributed by atoms with Gasteiger partial charge in [0.2, 0.25) is 0 Å². The monoisotopic (exact) mass is 214 g/mol. The van der Waals surface area contributed by atoms with Crippen molar-refractivity contribution in [2.75, 3.05) is 23.7 Å². The maximum atomic E-state index is 4.14. The summed E-state index contributed by atoms with van der Waals surface area (Å²) in [6.45, 7) is 8.46. The van der Waals surface area contributed by atoms with Crippen molar-refractivity contribution in [3.05, 3.63) is 6.20 Å². The quantitative estimate of drug-likeness (QED) is 0.725. The second-order valence-corrected chi connectivity index (χ2v) is 4.19. The van der Waals surface area contributed by atoms with Gasteiger partial charge >= 0.3 is 0 Å². The Hall–Kier alpha value is -0.710. The van der Waals surface area contributed by atoms with E-state index >= 15 is 0 Å². The van der Waals surface area contributed by atoms with Crippen LogP contribution in [-0.2, 0) is 0 Å². The minimum Gasteiger partial charge on any atom is -0.354 e. The molecule has 0 bridgehead atoms. The number of hydrogen-bond acceptors (Lipinski definition) is 4. The number of anilines is 1. The topological polar surface area (TPSA) is 34.0 Å². The fourth-order valence-electron chi connectivity index (χ4n) is 1.29. The van der Waals surface area contributed by atoms with Gasteiger partial charge in [-0.05, 0) is 25.3 Å². The van der Waals surface area contributed by atoms with Crippen LogP contribution in [0.2, 0.25) is 0 Å². The molecule has 5 heteroatoms. The second kappa shape index (κ2) is 5.90. The Morgan fingerprint density at radius 3 is 2.79 bits per heavy atom. The summed E-state index contributed by atoms with van der Waals surface area (Å²) in [7, 11) is 0. The molecule has 1 aromatic rings. The molecular weight excluding hydrogens is 196 g/mol. The van der Waals surface area contributed by atoms with Crippen molar-refractivity contribution >= 4 is 17.8 Å². The van der Waals surface area contributed by atoms with E-state index in [0.29, 0.717) is 0 Å². The SMILES string of the molecule is CCCN(CC)c1cn(SCC)nn1. The van der Waals surface area contributed by atoms with Crippen molar-refractivity contribution in [1.29, 1.82) is 0 Å². The molecule has 0 aliphatic rings. The van der Waals surface area contributed by atoms with Crippen molar-refractivity contribution < 1.29 is 0 Å². The van der Waals surface area contributed by atoms with Gasteiger partial charge < -0.3 is 4.90 Å². The molecule has 0 N–H and O–H groups in total. The third-order valence-corrected chi connectivity index (χ3v) is 2.62. The van der Waals surface area contributed by atoms with Crippen LogP contribution in [0.25, 0.3) is 0 Å². The van der Waals surface area contributed by atoms with Crippen LogP contribution in [0.15, 0.2) is 6.20 Å². The summed E-state index contributed by atoms with van der Waals surface area (Å²) < 4.78 is 1.83. The molecule has 0 spiro atoms. The van der Waals surface area contributed by atoms with Gasteiger partial charge in [0.15, 0.2) is 5.82 Å². The first-order valence-electron chi connectivity index (χ1n) is 5.12. The first-order valence-corrected chi connectivity index (χ1v) is 6.06. The third kappa shape index (κ3) is 2.90. The van der Waals surface area contributed by atoms with Gasteiger partial charge in [0.05, 0.1) is 6.20 Å². The van der Waals surface area contributed by atoms with Gasteiger partial charge in [-0.1, -0.05) is 19.1 Å². The minimum atomic E-state index is 0.982. The highest BCUT2D eigenvalue weighted by atomic mass is 32.2. The zero-order chi connectivity index (χ0) is 10.4. The first kappa shape index (κ1) is 11.4. The van der Waals surface area contributed by atoms with Crippen LogP contribution in [-0.4, -0.2) is 33.2 Å². The summed E-state index contributed by atoms with van der Waals surface area (Å²) in [5.74, 6) is 2.00. The molecule has 0 unspecified atom stereocenters. The Morgan fingerprint density at radius 1 is 1.43 bits per heavy atom. The third-order valence-electron chi connectivity index (χ3n) is 1.92. The molecule has 0 atom stereocenters. The Bertz CT molecular complexity index is 261. The van der Waals surface area contributed by atoms with E-state index in [9.17, 15) is 0 Å². The lowest BCUT2D eigenvalue weighted by Crippen LogP contribution is -2.23. The summed E-state index contributed by atoms with van der Waals surface area (Å²) in [5.41, 5.74) is 0. The van der Waals surface area contributed by atoms with E-state index in [-0.39, 0.29) is 0 Å². The predicted octanol–water partition coefficient (Wildman–Crippen LogP) is 2.03. The van der Waals surface area contributed by atoms with Gasteiger partial charge in [0.25, 0.3) is 0 Å². The molecule has 1 heterocycles. The predicted molar refractivity (Wildman–Crippen MR) is 61.7 cm³/mol. The van der Waals surface area contributed by atoms with Gasteiger partial charge in [0.1, 0.15) is 0 Å². The van der Waals surface area contributed by atoms with Crippen LogP contribution >= 0.6 is 11.9 Å². The number of aromatic nitrogens is 3. The van der Waals surface area contributed by atoms with Gasteiger partial charge in [-0.25, -0.2) is 0 Å². The van der Waals surface area contributed by atoms with E-state index in [1.807, 2.05) is 10.3 Å². The highest BCUT2D eigenvalue weighted by Gasteiger charge is 2.07. The lowest BCUT2D eigenvalue weighted by Gasteiger charge is -2.17. The van der Waals surface area contributed by atoms with Crippen LogP contribution < -0.4 is 4.90 Å². The summed E-state index contributed by atoms with van der Waals surface area (Å²) in [5, 5.41) is 8.19. The minimum absolute atomic E-state index is 0.982. The van der Waals surface area contributed by atoms with E-state index in [1.54, 1.807) is 11.9 Å². The van der Waals surface area contributed by atoms with Crippen LogP contribution in [0.4, 0.5) is 5.82 Å². The molecule has 1 aromatic heterocycles. The molecule has 4 nitrogen and oxygen atoms in total. The van der Waals surface area contributed by atoms with Gasteiger partial charge in [-0.2, -0.15) is 4.09 Å². The Kier molecular flexibility index (Phi) is 4.79. The molecule has 0 radical (unpaired) electrons. The fourth-order valence-corrected chi connectivity index (χ4v) is 1.81. The Morgan fingerprint density at radius 2 is 2.21 bits per heavy atom. The van der Waals surface area contributed by atoms with Crippen molar-refractivity contribution in [1.82, 2.24) is 14.4 Å². The van der Waals surface area contributed by atoms with E-state index in [0.717, 1.165) is 31.1 Å². The lowest BCUT2D eigenvalue weighted by molar-refractivity contribution is 0.773. The molecule has 1 rings (SSSR count). The largest absolute Gasteiger partial charge is 0.354 e. The van der Waals surface area contributed by atoms with E-state index < -0.39 is 0 Å². The highest BCUT2D eigenvalue weighted by molar-refractivity contribution is 7.97. The van der Waals surface area contributed by atoms with Crippen molar-refractivity contribution in [2.24, 2.45) is 0 Å².